The summed E-state index contributed by atoms with van der Waals surface area (Å²) in [6, 6.07) is 2.90. The van der Waals surface area contributed by atoms with Crippen molar-refractivity contribution >= 4 is 29.3 Å². The maximum atomic E-state index is 11.6. The van der Waals surface area contributed by atoms with E-state index in [1.807, 2.05) is 6.92 Å². The first-order chi connectivity index (χ1) is 9.43. The first-order valence-corrected chi connectivity index (χ1v) is 6.42. The minimum Gasteiger partial charge on any atom is -0.496 e. The molecule has 0 aliphatic carbocycles. The van der Waals surface area contributed by atoms with Crippen molar-refractivity contribution < 1.29 is 19.4 Å². The molecule has 1 rings (SSSR count). The van der Waals surface area contributed by atoms with Crippen molar-refractivity contribution in [2.24, 2.45) is 0 Å². The summed E-state index contributed by atoms with van der Waals surface area (Å²) >= 11 is 6.03. The van der Waals surface area contributed by atoms with E-state index in [9.17, 15) is 9.59 Å². The van der Waals surface area contributed by atoms with Crippen LogP contribution in [0.3, 0.4) is 0 Å². The molecule has 0 bridgehead atoms. The predicted molar refractivity (Wildman–Crippen MR) is 76.6 cm³/mol. The number of carbonyl (C=O) groups is 2. The highest BCUT2D eigenvalue weighted by Gasteiger charge is 2.09. The van der Waals surface area contributed by atoms with Gasteiger partial charge in [-0.2, -0.15) is 0 Å². The van der Waals surface area contributed by atoms with E-state index in [4.69, 9.17) is 21.4 Å². The molecule has 0 spiro atoms. The molecule has 3 N–H and O–H groups in total. The molecule has 0 saturated heterocycles. The molecule has 0 aromatic heterocycles. The van der Waals surface area contributed by atoms with E-state index in [0.717, 1.165) is 5.56 Å². The minimum absolute atomic E-state index is 0.0165. The topological polar surface area (TPSA) is 87.7 Å². The van der Waals surface area contributed by atoms with E-state index < -0.39 is 12.0 Å². The van der Waals surface area contributed by atoms with Crippen LogP contribution in [-0.2, 0) is 4.79 Å². The molecule has 7 heteroatoms. The van der Waals surface area contributed by atoms with Crippen molar-refractivity contribution in [2.45, 2.75) is 19.8 Å². The fourth-order valence-electron chi connectivity index (χ4n) is 1.59. The SMILES string of the molecule is COc1cc(Cl)c(NC(=O)NCCCC(=O)O)cc1C. The van der Waals surface area contributed by atoms with Gasteiger partial charge in [0.1, 0.15) is 5.75 Å². The quantitative estimate of drug-likeness (QED) is 0.705. The van der Waals surface area contributed by atoms with Crippen LogP contribution in [0, 0.1) is 6.92 Å². The molecule has 0 unspecified atom stereocenters. The van der Waals surface area contributed by atoms with Gasteiger partial charge in [0.25, 0.3) is 0 Å². The van der Waals surface area contributed by atoms with E-state index in [1.165, 1.54) is 0 Å². The van der Waals surface area contributed by atoms with Gasteiger partial charge in [-0.1, -0.05) is 11.6 Å². The van der Waals surface area contributed by atoms with Crippen LogP contribution in [0.4, 0.5) is 10.5 Å². The fourth-order valence-corrected chi connectivity index (χ4v) is 1.79. The summed E-state index contributed by atoms with van der Waals surface area (Å²) < 4.78 is 5.12. The van der Waals surface area contributed by atoms with Gasteiger partial charge in [0.15, 0.2) is 0 Å². The largest absolute Gasteiger partial charge is 0.496 e. The van der Waals surface area contributed by atoms with Crippen molar-refractivity contribution in [3.63, 3.8) is 0 Å². The summed E-state index contributed by atoms with van der Waals surface area (Å²) in [5.74, 6) is -0.247. The van der Waals surface area contributed by atoms with Gasteiger partial charge in [-0.15, -0.1) is 0 Å². The van der Waals surface area contributed by atoms with Crippen molar-refractivity contribution in [1.29, 1.82) is 0 Å². The lowest BCUT2D eigenvalue weighted by Crippen LogP contribution is -2.29. The van der Waals surface area contributed by atoms with Crippen LogP contribution < -0.4 is 15.4 Å². The number of amides is 2. The molecule has 6 nitrogen and oxygen atoms in total. The zero-order chi connectivity index (χ0) is 15.1. The summed E-state index contributed by atoms with van der Waals surface area (Å²) in [7, 11) is 1.54. The number of halogens is 1. The Balaban J connectivity index is 2.53. The third-order valence-electron chi connectivity index (χ3n) is 2.59. The Hall–Kier alpha value is -1.95. The van der Waals surface area contributed by atoms with Crippen molar-refractivity contribution in [2.75, 3.05) is 19.0 Å². The van der Waals surface area contributed by atoms with Crippen LogP contribution >= 0.6 is 11.6 Å². The Bertz CT molecular complexity index is 505. The Morgan fingerprint density at radius 1 is 1.40 bits per heavy atom. The van der Waals surface area contributed by atoms with E-state index >= 15 is 0 Å². The second-order valence-corrected chi connectivity index (χ2v) is 4.59. The molecule has 0 radical (unpaired) electrons. The number of carbonyl (C=O) groups excluding carboxylic acids is 1. The smallest absolute Gasteiger partial charge is 0.319 e. The Labute approximate surface area is 122 Å². The summed E-state index contributed by atoms with van der Waals surface area (Å²) in [5.41, 5.74) is 1.32. The average Bonchev–Trinajstić information content (AvgIpc) is 2.38. The molecule has 1 aromatic rings. The molecule has 110 valence electrons. The number of hydrogen-bond donors (Lipinski definition) is 3. The Morgan fingerprint density at radius 3 is 2.70 bits per heavy atom. The number of nitrogens with one attached hydrogen (secondary N) is 2. The first-order valence-electron chi connectivity index (χ1n) is 6.05. The molecular weight excluding hydrogens is 284 g/mol. The van der Waals surface area contributed by atoms with E-state index in [0.29, 0.717) is 22.9 Å². The third-order valence-corrected chi connectivity index (χ3v) is 2.90. The van der Waals surface area contributed by atoms with Gasteiger partial charge in [0.05, 0.1) is 17.8 Å². The highest BCUT2D eigenvalue weighted by atomic mass is 35.5. The maximum absolute atomic E-state index is 11.6. The number of anilines is 1. The second kappa shape index (κ2) is 7.59. The molecule has 2 amide bonds. The van der Waals surface area contributed by atoms with Gasteiger partial charge in [0, 0.05) is 19.0 Å². The zero-order valence-electron chi connectivity index (χ0n) is 11.3. The number of methoxy groups -OCH3 is 1. The van der Waals surface area contributed by atoms with Crippen LogP contribution in [0.25, 0.3) is 0 Å². The summed E-state index contributed by atoms with van der Waals surface area (Å²) in [6.07, 6.45) is 0.390. The van der Waals surface area contributed by atoms with Crippen LogP contribution in [0.2, 0.25) is 5.02 Å². The van der Waals surface area contributed by atoms with Crippen LogP contribution in [-0.4, -0.2) is 30.8 Å². The number of aliphatic carboxylic acids is 1. The van der Waals surface area contributed by atoms with Gasteiger partial charge >= 0.3 is 12.0 Å². The van der Waals surface area contributed by atoms with Gasteiger partial charge < -0.3 is 20.5 Å². The molecule has 0 atom stereocenters. The molecule has 1 aromatic carbocycles. The highest BCUT2D eigenvalue weighted by Crippen LogP contribution is 2.30. The van der Waals surface area contributed by atoms with Crippen molar-refractivity contribution in [3.05, 3.63) is 22.7 Å². The van der Waals surface area contributed by atoms with Gasteiger partial charge in [-0.25, -0.2) is 4.79 Å². The van der Waals surface area contributed by atoms with E-state index in [1.54, 1.807) is 19.2 Å². The van der Waals surface area contributed by atoms with Gasteiger partial charge in [0.2, 0.25) is 0 Å². The molecule has 0 fully saturated rings. The van der Waals surface area contributed by atoms with Crippen LogP contribution in [0.15, 0.2) is 12.1 Å². The molecule has 20 heavy (non-hydrogen) atoms. The minimum atomic E-state index is -0.888. The number of carboxylic acids is 1. The number of carboxylic acid groups (broad SMARTS) is 1. The van der Waals surface area contributed by atoms with Crippen LogP contribution in [0.5, 0.6) is 5.75 Å². The van der Waals surface area contributed by atoms with Crippen molar-refractivity contribution in [1.82, 2.24) is 5.32 Å². The Morgan fingerprint density at radius 2 is 2.10 bits per heavy atom. The Kier molecular flexibility index (Phi) is 6.11. The van der Waals surface area contributed by atoms with Gasteiger partial charge in [-0.05, 0) is 25.0 Å². The molecule has 0 saturated carbocycles. The van der Waals surface area contributed by atoms with E-state index in [-0.39, 0.29) is 13.0 Å². The third kappa shape index (κ3) is 4.97. The second-order valence-electron chi connectivity index (χ2n) is 4.18. The zero-order valence-corrected chi connectivity index (χ0v) is 12.1. The lowest BCUT2D eigenvalue weighted by atomic mass is 10.2. The van der Waals surface area contributed by atoms with Gasteiger partial charge in [-0.3, -0.25) is 4.79 Å². The number of benzene rings is 1. The monoisotopic (exact) mass is 300 g/mol. The highest BCUT2D eigenvalue weighted by molar-refractivity contribution is 6.33. The number of ether oxygens (including phenoxy) is 1. The number of rotatable bonds is 6. The standard InChI is InChI=1S/C13H17ClN2O4/c1-8-6-10(9(14)7-11(8)20-2)16-13(19)15-5-3-4-12(17)18/h6-7H,3-5H2,1-2H3,(H,17,18)(H2,15,16,19). The molecule has 0 aliphatic rings. The number of urea groups is 1. The molecule has 0 aliphatic heterocycles. The van der Waals surface area contributed by atoms with Crippen LogP contribution in [0.1, 0.15) is 18.4 Å². The fraction of sp³-hybridized carbons (Fsp3) is 0.385. The molecule has 0 heterocycles. The maximum Gasteiger partial charge on any atom is 0.319 e. The lowest BCUT2D eigenvalue weighted by Gasteiger charge is -2.12. The normalized spacial score (nSPS) is 9.95. The number of hydrogen-bond acceptors (Lipinski definition) is 3. The molecular formula is C13H17ClN2O4. The summed E-state index contributed by atoms with van der Waals surface area (Å²) in [4.78, 5) is 21.9. The summed E-state index contributed by atoms with van der Waals surface area (Å²) in [6.45, 7) is 2.12. The average molecular weight is 301 g/mol. The number of aryl methyl sites for hydroxylation is 1. The lowest BCUT2D eigenvalue weighted by molar-refractivity contribution is -0.137. The summed E-state index contributed by atoms with van der Waals surface area (Å²) in [5, 5.41) is 14.0. The first kappa shape index (κ1) is 16.1. The predicted octanol–water partition coefficient (Wildman–Crippen LogP) is 2.64. The van der Waals surface area contributed by atoms with E-state index in [2.05, 4.69) is 10.6 Å². The van der Waals surface area contributed by atoms with Crippen molar-refractivity contribution in [3.8, 4) is 5.75 Å².